The number of nitro groups is 1. The maximum absolute atomic E-state index is 14.8. The van der Waals surface area contributed by atoms with Crippen LogP contribution < -0.4 is 9.47 Å². The van der Waals surface area contributed by atoms with Crippen LogP contribution in [0.1, 0.15) is 148 Å². The molecule has 3 aliphatic rings. The molecule has 1 heterocycles. The van der Waals surface area contributed by atoms with Gasteiger partial charge in [0.05, 0.1) is 55.7 Å². The summed E-state index contributed by atoms with van der Waals surface area (Å²) in [6, 6.07) is 10.8. The van der Waals surface area contributed by atoms with E-state index in [-0.39, 0.29) is 82.7 Å². The molecule has 1 saturated carbocycles. The van der Waals surface area contributed by atoms with Gasteiger partial charge in [-0.2, -0.15) is 0 Å². The van der Waals surface area contributed by atoms with Crippen molar-refractivity contribution in [2.24, 2.45) is 22.9 Å². The molecule has 3 N–H and O–H groups in total. The summed E-state index contributed by atoms with van der Waals surface area (Å²) in [4.78, 5) is 33.9. The van der Waals surface area contributed by atoms with Crippen LogP contribution in [0, 0.1) is 27.9 Å². The van der Waals surface area contributed by atoms with E-state index in [0.29, 0.717) is 35.8 Å². The standard InChI is InChI=1S/C54H81N3O12/c1-6-8-9-10-11-12-13-14-15-20-33-65-52(61)56(28-34-64-35-31-60)49-39-47(55-69-53(3,4)5)45-36-40(22-16-18-29-58)44(25-17-19-30-59)50-46-38-43(67-42-24-21-23-41(37-42)57(62)63)26-27-48(46)68-54(49,51(45)50)66-32-7-2/h7,21,23-24,26-27,36-38,40,44,49-51,58-60H,2,6,8-20,22,25,28-35,39H2,1,3-5H3/t40-,44+,49-,50+,51+,54+/m0/s1. The first-order chi connectivity index (χ1) is 33.4. The second kappa shape index (κ2) is 28.3. The molecule has 15 nitrogen and oxygen atoms in total. The Bertz CT molecular complexity index is 1970. The van der Waals surface area contributed by atoms with Crippen LogP contribution in [-0.2, 0) is 19.0 Å². The minimum absolute atomic E-state index is 0.00119. The molecule has 5 rings (SSSR count). The number of nitrogens with zero attached hydrogens (tertiary/aromatic N) is 3. The first-order valence-corrected chi connectivity index (χ1v) is 25.7. The van der Waals surface area contributed by atoms with Crippen molar-refractivity contribution in [3.63, 3.8) is 0 Å². The monoisotopic (exact) mass is 964 g/mol. The summed E-state index contributed by atoms with van der Waals surface area (Å²) in [6.07, 6.45) is 19.3. The lowest BCUT2D eigenvalue weighted by Gasteiger charge is -2.60. The lowest BCUT2D eigenvalue weighted by atomic mass is 9.55. The Hall–Kier alpha value is -4.54. The van der Waals surface area contributed by atoms with Gasteiger partial charge in [0.1, 0.15) is 28.9 Å². The Labute approximate surface area is 410 Å². The summed E-state index contributed by atoms with van der Waals surface area (Å²) in [7, 11) is 0. The summed E-state index contributed by atoms with van der Waals surface area (Å²) < 4.78 is 32.8. The van der Waals surface area contributed by atoms with Crippen molar-refractivity contribution in [1.29, 1.82) is 0 Å². The number of aliphatic hydroxyl groups is 3. The zero-order valence-corrected chi connectivity index (χ0v) is 41.8. The number of unbranched alkanes of at least 4 members (excludes halogenated alkanes) is 11. The van der Waals surface area contributed by atoms with Crippen LogP contribution in [0.4, 0.5) is 10.5 Å². The van der Waals surface area contributed by atoms with Gasteiger partial charge in [0, 0.05) is 43.7 Å². The fraction of sp³-hybridized carbons (Fsp3) is 0.667. The molecule has 2 aliphatic carbocycles. The maximum Gasteiger partial charge on any atom is 0.410 e. The van der Waals surface area contributed by atoms with E-state index in [2.05, 4.69) is 19.6 Å². The van der Waals surface area contributed by atoms with E-state index >= 15 is 0 Å². The first-order valence-electron chi connectivity index (χ1n) is 25.7. The molecule has 6 atom stereocenters. The number of nitro benzene ring substituents is 1. The number of aliphatic hydroxyl groups excluding tert-OH is 3. The van der Waals surface area contributed by atoms with Crippen molar-refractivity contribution in [2.45, 2.75) is 160 Å². The number of allylic oxidation sites excluding steroid dienone is 1. The van der Waals surface area contributed by atoms with Gasteiger partial charge >= 0.3 is 6.09 Å². The summed E-state index contributed by atoms with van der Waals surface area (Å²) in [5.74, 6) is -1.20. The number of fused-ring (bicyclic) bond motifs is 2. The molecule has 2 aromatic carbocycles. The van der Waals surface area contributed by atoms with Crippen molar-refractivity contribution in [1.82, 2.24) is 4.90 Å². The van der Waals surface area contributed by atoms with Crippen molar-refractivity contribution >= 4 is 17.5 Å². The third kappa shape index (κ3) is 15.7. The van der Waals surface area contributed by atoms with E-state index in [4.69, 9.17) is 33.7 Å². The van der Waals surface area contributed by atoms with Gasteiger partial charge in [0.2, 0.25) is 5.79 Å². The van der Waals surface area contributed by atoms with Crippen molar-refractivity contribution in [2.75, 3.05) is 52.8 Å². The Morgan fingerprint density at radius 2 is 1.59 bits per heavy atom. The van der Waals surface area contributed by atoms with Gasteiger partial charge in [-0.3, -0.25) is 15.0 Å². The van der Waals surface area contributed by atoms with E-state index in [0.717, 1.165) is 62.5 Å². The summed E-state index contributed by atoms with van der Waals surface area (Å²) in [6.45, 7) is 12.6. The van der Waals surface area contributed by atoms with Gasteiger partial charge in [0.25, 0.3) is 5.69 Å². The lowest BCUT2D eigenvalue weighted by Crippen LogP contribution is -2.70. The summed E-state index contributed by atoms with van der Waals surface area (Å²) in [5.41, 5.74) is 1.61. The molecule has 0 saturated heterocycles. The molecule has 1 fully saturated rings. The van der Waals surface area contributed by atoms with Crippen molar-refractivity contribution in [3.05, 3.63) is 82.4 Å². The molecule has 0 bridgehead atoms. The number of amides is 1. The topological polar surface area (TPSA) is 192 Å². The molecule has 0 spiro atoms. The number of carbonyl (C=O) groups excluding carboxylic acids is 1. The number of hydrogen-bond acceptors (Lipinski definition) is 13. The Kier molecular flexibility index (Phi) is 22.8. The van der Waals surface area contributed by atoms with Crippen LogP contribution in [0.3, 0.4) is 0 Å². The Morgan fingerprint density at radius 1 is 0.899 bits per heavy atom. The van der Waals surface area contributed by atoms with E-state index < -0.39 is 34.4 Å². The Morgan fingerprint density at radius 3 is 2.26 bits per heavy atom. The van der Waals surface area contributed by atoms with E-state index in [1.165, 1.54) is 50.7 Å². The third-order valence-electron chi connectivity index (χ3n) is 13.4. The number of hydrogen-bond donors (Lipinski definition) is 3. The molecule has 384 valence electrons. The number of rotatable bonds is 32. The van der Waals surface area contributed by atoms with E-state index in [1.807, 2.05) is 32.9 Å². The van der Waals surface area contributed by atoms with Crippen LogP contribution in [0.2, 0.25) is 0 Å². The number of oxime groups is 1. The molecular formula is C54H81N3O12. The zero-order chi connectivity index (χ0) is 49.7. The van der Waals surface area contributed by atoms with Gasteiger partial charge in [-0.25, -0.2) is 4.79 Å². The highest BCUT2D eigenvalue weighted by Crippen LogP contribution is 2.62. The Balaban J connectivity index is 1.64. The van der Waals surface area contributed by atoms with E-state index in [9.17, 15) is 30.2 Å². The largest absolute Gasteiger partial charge is 0.459 e. The maximum atomic E-state index is 14.8. The number of carbonyl (C=O) groups is 1. The minimum atomic E-state index is -1.53. The second-order valence-corrected chi connectivity index (χ2v) is 19.7. The van der Waals surface area contributed by atoms with Gasteiger partial charge in [-0.15, -0.1) is 6.58 Å². The molecule has 1 aliphatic heterocycles. The molecule has 0 aromatic heterocycles. The summed E-state index contributed by atoms with van der Waals surface area (Å²) >= 11 is 0. The van der Waals surface area contributed by atoms with Gasteiger partial charge < -0.3 is 43.8 Å². The average Bonchev–Trinajstić information content (AvgIpc) is 3.33. The van der Waals surface area contributed by atoms with Gasteiger partial charge in [-0.1, -0.05) is 101 Å². The second-order valence-electron chi connectivity index (χ2n) is 19.7. The lowest BCUT2D eigenvalue weighted by molar-refractivity contribution is -0.384. The predicted octanol–water partition coefficient (Wildman–Crippen LogP) is 11.2. The minimum Gasteiger partial charge on any atom is -0.459 e. The normalized spacial score (nSPS) is 22.2. The molecule has 2 aromatic rings. The highest BCUT2D eigenvalue weighted by Gasteiger charge is 2.65. The molecule has 15 heteroatoms. The number of benzene rings is 2. The zero-order valence-electron chi connectivity index (χ0n) is 41.8. The van der Waals surface area contributed by atoms with Crippen LogP contribution >= 0.6 is 0 Å². The first kappa shape index (κ1) is 55.4. The van der Waals surface area contributed by atoms with Crippen LogP contribution in [0.15, 0.2) is 71.9 Å². The fourth-order valence-corrected chi connectivity index (χ4v) is 10.2. The number of non-ortho nitro benzene ring substituents is 1. The van der Waals surface area contributed by atoms with Crippen LogP contribution in [-0.4, -0.2) is 107 Å². The fourth-order valence-electron chi connectivity index (χ4n) is 10.2. The van der Waals surface area contributed by atoms with Crippen molar-refractivity contribution < 1.29 is 53.6 Å². The average molecular weight is 964 g/mol. The molecule has 1 amide bonds. The highest BCUT2D eigenvalue weighted by molar-refractivity contribution is 6.03. The highest BCUT2D eigenvalue weighted by atomic mass is 16.7. The molecule has 69 heavy (non-hydrogen) atoms. The summed E-state index contributed by atoms with van der Waals surface area (Å²) in [5, 5.41) is 46.2. The van der Waals surface area contributed by atoms with E-state index in [1.54, 1.807) is 29.2 Å². The number of ether oxygens (including phenoxy) is 5. The molecule has 0 radical (unpaired) electrons. The van der Waals surface area contributed by atoms with Crippen LogP contribution in [0.25, 0.3) is 0 Å². The van der Waals surface area contributed by atoms with Gasteiger partial charge in [0.15, 0.2) is 0 Å². The van der Waals surface area contributed by atoms with Crippen LogP contribution in [0.5, 0.6) is 17.2 Å². The SMILES string of the molecule is C=CCO[C@@]12Oc3ccc(Oc4cccc([N+](=O)[O-])c4)cc3[C@H]3[C@H](CCCCO)[C@@H](CCCCO)C=C(C(=NOC(C)(C)C)C[C@@H]1N(CCOCCO)C(=O)OCCCCCCCCCCCC)[C@H]32. The van der Waals surface area contributed by atoms with Gasteiger partial charge in [-0.05, 0) is 94.5 Å². The third-order valence-corrected chi connectivity index (χ3v) is 13.4. The van der Waals surface area contributed by atoms with Crippen molar-refractivity contribution in [3.8, 4) is 17.2 Å². The quantitative estimate of drug-likeness (QED) is 0.0272. The predicted molar refractivity (Wildman–Crippen MR) is 267 cm³/mol. The molecular weight excluding hydrogens is 883 g/mol. The smallest absolute Gasteiger partial charge is 0.410 e. The molecule has 0 unspecified atom stereocenters.